The van der Waals surface area contributed by atoms with Gasteiger partial charge in [0.05, 0.1) is 13.7 Å². The Labute approximate surface area is 119 Å². The highest BCUT2D eigenvalue weighted by molar-refractivity contribution is 9.10. The number of rotatable bonds is 3. The molecule has 19 heavy (non-hydrogen) atoms. The first kappa shape index (κ1) is 14.4. The molecule has 1 saturated heterocycles. The van der Waals surface area contributed by atoms with Gasteiger partial charge in [-0.2, -0.15) is 0 Å². The minimum atomic E-state index is -0.586. The maximum atomic E-state index is 13.7. The van der Waals surface area contributed by atoms with Crippen LogP contribution in [0.1, 0.15) is 5.56 Å². The van der Waals surface area contributed by atoms with Crippen molar-refractivity contribution in [1.29, 1.82) is 0 Å². The molecule has 2 rings (SSSR count). The van der Waals surface area contributed by atoms with Gasteiger partial charge in [-0.15, -0.1) is 0 Å². The van der Waals surface area contributed by atoms with Crippen LogP contribution in [-0.2, 0) is 20.8 Å². The Balaban J connectivity index is 2.00. The molecule has 1 fully saturated rings. The second kappa shape index (κ2) is 6.45. The molecule has 0 aromatic heterocycles. The van der Waals surface area contributed by atoms with Crippen LogP contribution in [-0.4, -0.2) is 43.8 Å². The van der Waals surface area contributed by atoms with Crippen molar-refractivity contribution in [1.82, 2.24) is 4.90 Å². The van der Waals surface area contributed by atoms with Gasteiger partial charge in [0.2, 0.25) is 0 Å². The van der Waals surface area contributed by atoms with Gasteiger partial charge < -0.3 is 9.47 Å². The lowest BCUT2D eigenvalue weighted by atomic mass is 10.1. The molecule has 0 N–H and O–H groups in total. The second-order valence-corrected chi connectivity index (χ2v) is 5.27. The number of carbonyl (C=O) groups excluding carboxylic acids is 1. The Kier molecular flexibility index (Phi) is 4.90. The smallest absolute Gasteiger partial charge is 0.336 e. The molecular formula is C13H15BrFNO3. The fourth-order valence-electron chi connectivity index (χ4n) is 2.01. The van der Waals surface area contributed by atoms with Crippen LogP contribution in [0, 0.1) is 5.82 Å². The summed E-state index contributed by atoms with van der Waals surface area (Å²) in [6.07, 6.45) is -0.586. The van der Waals surface area contributed by atoms with E-state index in [1.807, 2.05) is 4.90 Å². The predicted octanol–water partition coefficient (Wildman–Crippen LogP) is 1.96. The van der Waals surface area contributed by atoms with Gasteiger partial charge in [-0.25, -0.2) is 9.18 Å². The molecule has 1 unspecified atom stereocenters. The third-order valence-electron chi connectivity index (χ3n) is 3.02. The molecule has 0 amide bonds. The molecule has 1 aliphatic rings. The maximum absolute atomic E-state index is 13.7. The monoisotopic (exact) mass is 331 g/mol. The molecule has 1 aromatic rings. The number of morpholine rings is 1. The van der Waals surface area contributed by atoms with Gasteiger partial charge in [-0.05, 0) is 12.1 Å². The van der Waals surface area contributed by atoms with E-state index >= 15 is 0 Å². The fraction of sp³-hybridized carbons (Fsp3) is 0.462. The number of methoxy groups -OCH3 is 1. The summed E-state index contributed by atoms with van der Waals surface area (Å²) in [6.45, 7) is 1.99. The van der Waals surface area contributed by atoms with Crippen LogP contribution in [0.2, 0.25) is 0 Å². The van der Waals surface area contributed by atoms with E-state index < -0.39 is 6.10 Å². The Morgan fingerprint density at radius 1 is 1.63 bits per heavy atom. The second-order valence-electron chi connectivity index (χ2n) is 4.35. The summed E-state index contributed by atoms with van der Waals surface area (Å²) in [7, 11) is 1.33. The summed E-state index contributed by atoms with van der Waals surface area (Å²) in [6, 6.07) is 4.98. The molecule has 1 heterocycles. The zero-order valence-corrected chi connectivity index (χ0v) is 12.2. The number of hydrogen-bond donors (Lipinski definition) is 0. The molecule has 4 nitrogen and oxygen atoms in total. The first-order valence-electron chi connectivity index (χ1n) is 5.96. The zero-order valence-electron chi connectivity index (χ0n) is 10.6. The van der Waals surface area contributed by atoms with Crippen LogP contribution >= 0.6 is 15.9 Å². The van der Waals surface area contributed by atoms with Gasteiger partial charge in [0, 0.05) is 29.7 Å². The Morgan fingerprint density at radius 2 is 2.42 bits per heavy atom. The summed E-state index contributed by atoms with van der Waals surface area (Å²) < 4.78 is 24.4. The van der Waals surface area contributed by atoms with E-state index in [0.29, 0.717) is 36.3 Å². The van der Waals surface area contributed by atoms with E-state index in [4.69, 9.17) is 4.74 Å². The molecule has 0 saturated carbocycles. The van der Waals surface area contributed by atoms with Crippen molar-refractivity contribution in [2.45, 2.75) is 12.6 Å². The number of benzene rings is 1. The number of nitrogens with zero attached hydrogens (tertiary/aromatic N) is 1. The Morgan fingerprint density at radius 3 is 3.11 bits per heavy atom. The highest BCUT2D eigenvalue weighted by atomic mass is 79.9. The maximum Gasteiger partial charge on any atom is 0.336 e. The van der Waals surface area contributed by atoms with Crippen molar-refractivity contribution in [3.8, 4) is 0 Å². The number of halogens is 2. The van der Waals surface area contributed by atoms with E-state index in [-0.39, 0.29) is 11.8 Å². The number of esters is 1. The molecule has 0 aliphatic carbocycles. The van der Waals surface area contributed by atoms with Crippen LogP contribution in [0.15, 0.2) is 22.7 Å². The van der Waals surface area contributed by atoms with E-state index in [1.54, 1.807) is 12.1 Å². The number of hydrogen-bond acceptors (Lipinski definition) is 4. The van der Waals surface area contributed by atoms with E-state index in [9.17, 15) is 9.18 Å². The van der Waals surface area contributed by atoms with Crippen molar-refractivity contribution >= 4 is 21.9 Å². The molecule has 104 valence electrons. The minimum absolute atomic E-state index is 0.254. The van der Waals surface area contributed by atoms with Gasteiger partial charge in [0.25, 0.3) is 0 Å². The topological polar surface area (TPSA) is 38.8 Å². The first-order chi connectivity index (χ1) is 9.10. The average Bonchev–Trinajstić information content (AvgIpc) is 2.41. The number of ether oxygens (including phenoxy) is 2. The van der Waals surface area contributed by atoms with Crippen LogP contribution in [0.3, 0.4) is 0 Å². The standard InChI is InChI=1S/C13H15BrFNO3/c1-18-13(17)12-8-16(4-5-19-12)7-9-2-3-10(14)6-11(9)15/h2-3,6,12H,4-5,7-8H2,1H3. The first-order valence-corrected chi connectivity index (χ1v) is 6.75. The fourth-order valence-corrected chi connectivity index (χ4v) is 2.34. The predicted molar refractivity (Wildman–Crippen MR) is 71.1 cm³/mol. The molecule has 6 heteroatoms. The molecule has 1 atom stereocenters. The summed E-state index contributed by atoms with van der Waals surface area (Å²) in [5.41, 5.74) is 0.605. The van der Waals surface area contributed by atoms with Gasteiger partial charge in [-0.3, -0.25) is 4.90 Å². The van der Waals surface area contributed by atoms with Crippen molar-refractivity contribution in [3.05, 3.63) is 34.1 Å². The Hall–Kier alpha value is -0.980. The van der Waals surface area contributed by atoms with Crippen LogP contribution in [0.25, 0.3) is 0 Å². The average molecular weight is 332 g/mol. The van der Waals surface area contributed by atoms with Gasteiger partial charge in [-0.1, -0.05) is 22.0 Å². The van der Waals surface area contributed by atoms with Gasteiger partial charge >= 0.3 is 5.97 Å². The lowest BCUT2D eigenvalue weighted by molar-refractivity contribution is -0.160. The van der Waals surface area contributed by atoms with Crippen molar-refractivity contribution in [2.75, 3.05) is 26.8 Å². The van der Waals surface area contributed by atoms with Gasteiger partial charge in [0.15, 0.2) is 6.10 Å². The van der Waals surface area contributed by atoms with Crippen LogP contribution in [0.5, 0.6) is 0 Å². The lowest BCUT2D eigenvalue weighted by Crippen LogP contribution is -2.46. The summed E-state index contributed by atoms with van der Waals surface area (Å²) >= 11 is 3.22. The van der Waals surface area contributed by atoms with Crippen molar-refractivity contribution in [2.24, 2.45) is 0 Å². The molecule has 1 aromatic carbocycles. The third-order valence-corrected chi connectivity index (χ3v) is 3.52. The van der Waals surface area contributed by atoms with Crippen LogP contribution < -0.4 is 0 Å². The van der Waals surface area contributed by atoms with Gasteiger partial charge in [0.1, 0.15) is 5.82 Å². The summed E-state index contributed by atoms with van der Waals surface area (Å²) in [5, 5.41) is 0. The third kappa shape index (κ3) is 3.75. The highest BCUT2D eigenvalue weighted by Crippen LogP contribution is 2.18. The molecule has 0 spiro atoms. The van der Waals surface area contributed by atoms with Crippen LogP contribution in [0.4, 0.5) is 4.39 Å². The molecular weight excluding hydrogens is 317 g/mol. The summed E-state index contributed by atoms with van der Waals surface area (Å²) in [5.74, 6) is -0.642. The minimum Gasteiger partial charge on any atom is -0.467 e. The SMILES string of the molecule is COC(=O)C1CN(Cc2ccc(Br)cc2F)CCO1. The molecule has 0 bridgehead atoms. The lowest BCUT2D eigenvalue weighted by Gasteiger charge is -2.31. The van der Waals surface area contributed by atoms with E-state index in [2.05, 4.69) is 20.7 Å². The van der Waals surface area contributed by atoms with Crippen molar-refractivity contribution < 1.29 is 18.7 Å². The number of carbonyl (C=O) groups is 1. The quantitative estimate of drug-likeness (QED) is 0.794. The summed E-state index contributed by atoms with van der Waals surface area (Å²) in [4.78, 5) is 13.4. The molecule has 1 aliphatic heterocycles. The van der Waals surface area contributed by atoms with E-state index in [0.717, 1.165) is 0 Å². The Bertz CT molecular complexity index is 469. The highest BCUT2D eigenvalue weighted by Gasteiger charge is 2.27. The largest absolute Gasteiger partial charge is 0.467 e. The van der Waals surface area contributed by atoms with Crippen molar-refractivity contribution in [3.63, 3.8) is 0 Å². The van der Waals surface area contributed by atoms with E-state index in [1.165, 1.54) is 13.2 Å². The molecule has 0 radical (unpaired) electrons. The zero-order chi connectivity index (χ0) is 13.8. The normalized spacial score (nSPS) is 20.3.